The summed E-state index contributed by atoms with van der Waals surface area (Å²) in [6.07, 6.45) is 11.4. The van der Waals surface area contributed by atoms with Crippen molar-refractivity contribution in [1.29, 1.82) is 0 Å². The van der Waals surface area contributed by atoms with Crippen LogP contribution in [0.15, 0.2) is 36.4 Å². The van der Waals surface area contributed by atoms with Crippen molar-refractivity contribution in [2.75, 3.05) is 0 Å². The molecule has 0 atom stereocenters. The molecule has 0 fully saturated rings. The molecule has 0 radical (unpaired) electrons. The molecule has 0 saturated carbocycles. The van der Waals surface area contributed by atoms with Crippen molar-refractivity contribution in [2.24, 2.45) is 0 Å². The van der Waals surface area contributed by atoms with Gasteiger partial charge in [0.2, 0.25) is 0 Å². The van der Waals surface area contributed by atoms with Crippen molar-refractivity contribution in [3.63, 3.8) is 0 Å². The van der Waals surface area contributed by atoms with Gasteiger partial charge in [-0.1, -0.05) is 36.4 Å². The average molecular weight is 437 g/mol. The minimum atomic E-state index is -1.17. The summed E-state index contributed by atoms with van der Waals surface area (Å²) in [5.74, 6) is -1.17. The molecule has 0 aliphatic carbocycles. The van der Waals surface area contributed by atoms with Gasteiger partial charge in [0.15, 0.2) is 0 Å². The minimum absolute atomic E-state index is 0.839. The van der Waals surface area contributed by atoms with Gasteiger partial charge in [-0.3, -0.25) is 0 Å². The van der Waals surface area contributed by atoms with E-state index in [9.17, 15) is 9.90 Å². The van der Waals surface area contributed by atoms with Gasteiger partial charge in [0.05, 0.1) is 5.97 Å². The Kier molecular flexibility index (Phi) is 16.5. The predicted molar refractivity (Wildman–Crippen MR) is 105 cm³/mol. The smallest absolute Gasteiger partial charge is 0.0643 e. The Morgan fingerprint density at radius 1 is 0.917 bits per heavy atom. The molecule has 1 rings (SSSR count). The Morgan fingerprint density at radius 3 is 1.75 bits per heavy atom. The topological polar surface area (TPSA) is 40.1 Å². The number of hydrogen-bond acceptors (Lipinski definition) is 2. The van der Waals surface area contributed by atoms with Gasteiger partial charge in [-0.15, -0.1) is 0 Å². The van der Waals surface area contributed by atoms with Crippen molar-refractivity contribution in [3.05, 3.63) is 42.0 Å². The third kappa shape index (κ3) is 14.8. The van der Waals surface area contributed by atoms with Crippen LogP contribution in [0.4, 0.5) is 0 Å². The first-order chi connectivity index (χ1) is 11.6. The Labute approximate surface area is 156 Å². The van der Waals surface area contributed by atoms with Crippen molar-refractivity contribution in [1.82, 2.24) is 0 Å². The maximum atomic E-state index is 9.97. The molecule has 0 aliphatic rings. The van der Waals surface area contributed by atoms with E-state index >= 15 is 0 Å². The first kappa shape index (κ1) is 23.2. The third-order valence-electron chi connectivity index (χ3n) is 3.86. The molecule has 2 nitrogen and oxygen atoms in total. The molecule has 0 unspecified atom stereocenters. The Bertz CT molecular complexity index is 410. The van der Waals surface area contributed by atoms with Crippen molar-refractivity contribution < 1.29 is 9.90 Å². The summed E-state index contributed by atoms with van der Waals surface area (Å²) in [5.41, 5.74) is 0.858. The zero-order valence-electron chi connectivity index (χ0n) is 15.7. The fraction of sp³-hybridized carbons (Fsp3) is 0.571. The molecular weight excluding hydrogens is 403 g/mol. The largest absolute Gasteiger partial charge is 0.545 e. The van der Waals surface area contributed by atoms with E-state index in [-0.39, 0.29) is 0 Å². The molecule has 0 spiro atoms. The number of carbonyl (C=O) groups excluding carboxylic acids is 1. The van der Waals surface area contributed by atoms with Crippen LogP contribution in [0.3, 0.4) is 0 Å². The van der Waals surface area contributed by atoms with E-state index in [4.69, 9.17) is 0 Å². The fourth-order valence-electron chi connectivity index (χ4n) is 2.38. The molecule has 0 N–H and O–H groups in total. The molecule has 24 heavy (non-hydrogen) atoms. The summed E-state index contributed by atoms with van der Waals surface area (Å²) in [4.78, 5) is 9.97. The predicted octanol–water partition coefficient (Wildman–Crippen LogP) is 5.33. The third-order valence-corrected chi connectivity index (χ3v) is 12.9. The molecule has 0 saturated heterocycles. The van der Waals surface area contributed by atoms with E-state index in [0.29, 0.717) is 0 Å². The first-order valence-corrected chi connectivity index (χ1v) is 15.5. The molecule has 1 aromatic carbocycles. The molecule has 0 amide bonds. The maximum absolute atomic E-state index is 9.97. The summed E-state index contributed by atoms with van der Waals surface area (Å²) >= 11 is -0.839. The van der Waals surface area contributed by atoms with E-state index in [1.54, 1.807) is 13.3 Å². The molecule has 0 bridgehead atoms. The summed E-state index contributed by atoms with van der Waals surface area (Å²) in [6, 6.07) is 9.19. The van der Waals surface area contributed by atoms with E-state index in [0.717, 1.165) is 11.6 Å². The van der Waals surface area contributed by atoms with Crippen LogP contribution in [0.25, 0.3) is 6.08 Å². The molecule has 0 heterocycles. The fourth-order valence-corrected chi connectivity index (χ4v) is 11.8. The van der Waals surface area contributed by atoms with Gasteiger partial charge in [-0.2, -0.15) is 0 Å². The average Bonchev–Trinajstić information content (AvgIpc) is 2.61. The van der Waals surface area contributed by atoms with Gasteiger partial charge in [-0.05, 0) is 11.6 Å². The van der Waals surface area contributed by atoms with E-state index in [1.165, 1.54) is 44.6 Å². The minimum Gasteiger partial charge on any atom is -0.545 e. The van der Waals surface area contributed by atoms with Gasteiger partial charge in [-0.25, -0.2) is 0 Å². The normalized spacial score (nSPS) is 10.3. The summed E-state index contributed by atoms with van der Waals surface area (Å²) in [6.45, 7) is 7.00. The summed E-state index contributed by atoms with van der Waals surface area (Å²) in [7, 11) is 0. The van der Waals surface area contributed by atoms with Crippen LogP contribution in [0.5, 0.6) is 0 Å². The second-order valence-electron chi connectivity index (χ2n) is 6.12. The second-order valence-corrected chi connectivity index (χ2v) is 14.7. The van der Waals surface area contributed by atoms with Crippen LogP contribution in [-0.4, -0.2) is 25.7 Å². The Morgan fingerprint density at radius 2 is 1.38 bits per heavy atom. The number of rotatable bonds is 11. The summed E-state index contributed by atoms with van der Waals surface area (Å²) in [5, 5.41) is 9.97. The molecule has 3 heteroatoms. The Balaban J connectivity index is 0.000000446. The number of carbonyl (C=O) groups is 1. The van der Waals surface area contributed by atoms with Crippen molar-refractivity contribution >= 4 is 31.8 Å². The van der Waals surface area contributed by atoms with Gasteiger partial charge in [0, 0.05) is 0 Å². The van der Waals surface area contributed by atoms with Gasteiger partial charge in [0.1, 0.15) is 0 Å². The molecule has 134 valence electrons. The zero-order valence-corrected chi connectivity index (χ0v) is 18.6. The van der Waals surface area contributed by atoms with Gasteiger partial charge >= 0.3 is 92.4 Å². The zero-order chi connectivity index (χ0) is 18.0. The van der Waals surface area contributed by atoms with Crippen LogP contribution in [0.1, 0.15) is 64.9 Å². The van der Waals surface area contributed by atoms with Crippen LogP contribution in [-0.2, 0) is 4.79 Å². The molecule has 0 aliphatic heterocycles. The first-order valence-electron chi connectivity index (χ1n) is 9.41. The van der Waals surface area contributed by atoms with Gasteiger partial charge < -0.3 is 9.90 Å². The van der Waals surface area contributed by atoms with Crippen LogP contribution in [0.2, 0.25) is 13.3 Å². The van der Waals surface area contributed by atoms with Crippen molar-refractivity contribution in [2.45, 2.75) is 72.6 Å². The van der Waals surface area contributed by atoms with Crippen LogP contribution < -0.4 is 5.11 Å². The Hall–Kier alpha value is -0.771. The number of carboxylic acids is 1. The second kappa shape index (κ2) is 17.1. The maximum Gasteiger partial charge on any atom is 0.0643 e. The van der Waals surface area contributed by atoms with E-state index in [2.05, 4.69) is 20.8 Å². The standard InChI is InChI=1S/C9H8O2.3C4H9.Sn/c10-9(11)7-6-8-4-2-1-3-5-8;3*1-3-4-2;/h1-7H,(H,10,11);3*1,3-4H2,2H3;/q;;;;+1/p-1. The van der Waals surface area contributed by atoms with Crippen molar-refractivity contribution in [3.8, 4) is 0 Å². The monoisotopic (exact) mass is 438 g/mol. The number of aliphatic carboxylic acids is 1. The molecule has 1 aromatic rings. The quantitative estimate of drug-likeness (QED) is 0.347. The molecular formula is C21H34O2Sn. The van der Waals surface area contributed by atoms with E-state index in [1.807, 2.05) is 30.3 Å². The number of carboxylic acid groups (broad SMARTS) is 1. The number of hydrogen-bond donors (Lipinski definition) is 0. The van der Waals surface area contributed by atoms with Gasteiger partial charge in [0.25, 0.3) is 0 Å². The summed E-state index contributed by atoms with van der Waals surface area (Å²) < 4.78 is 5.04. The number of unbranched alkanes of at least 4 members (excludes halogenated alkanes) is 3. The SMILES string of the molecule is CCC[CH2][Sn+]([CH2]CCC)[CH2]CCC.O=C([O-])C=Cc1ccccc1. The van der Waals surface area contributed by atoms with E-state index < -0.39 is 25.7 Å². The van der Waals surface area contributed by atoms with Crippen LogP contribution >= 0.6 is 0 Å². The molecule has 0 aromatic heterocycles. The number of benzene rings is 1. The van der Waals surface area contributed by atoms with Crippen LogP contribution in [0, 0.1) is 0 Å².